The molecule has 0 radical (unpaired) electrons. The summed E-state index contributed by atoms with van der Waals surface area (Å²) in [5.41, 5.74) is 11.4. The fourth-order valence-corrected chi connectivity index (χ4v) is 1.65. The van der Waals surface area contributed by atoms with E-state index in [1.165, 1.54) is 0 Å². The number of nitrogens with zero attached hydrogens (tertiary/aromatic N) is 1. The van der Waals surface area contributed by atoms with Crippen molar-refractivity contribution in [1.29, 1.82) is 0 Å². The lowest BCUT2D eigenvalue weighted by Gasteiger charge is -2.18. The quantitative estimate of drug-likeness (QED) is 0.696. The Morgan fingerprint density at radius 3 is 2.60 bits per heavy atom. The molecule has 0 aliphatic heterocycles. The first-order chi connectivity index (χ1) is 9.65. The highest BCUT2D eigenvalue weighted by Crippen LogP contribution is 2.11. The van der Waals surface area contributed by atoms with Crippen LogP contribution in [0.4, 0.5) is 0 Å². The van der Waals surface area contributed by atoms with Crippen LogP contribution in [0.5, 0.6) is 5.75 Å². The molecule has 0 unspecified atom stereocenters. The van der Waals surface area contributed by atoms with Crippen LogP contribution in [0, 0.1) is 11.8 Å². The Morgan fingerprint density at radius 2 is 2.05 bits per heavy atom. The zero-order valence-electron chi connectivity index (χ0n) is 11.8. The first-order valence-corrected chi connectivity index (χ1v) is 6.58. The highest BCUT2D eigenvalue weighted by molar-refractivity contribution is 5.75. The molecule has 0 saturated heterocycles. The van der Waals surface area contributed by atoms with Crippen LogP contribution in [-0.4, -0.2) is 43.6 Å². The third-order valence-corrected chi connectivity index (χ3v) is 2.69. The van der Waals surface area contributed by atoms with Gasteiger partial charge in [0.15, 0.2) is 0 Å². The molecular formula is C15H21N3O2. The van der Waals surface area contributed by atoms with Crippen molar-refractivity contribution in [2.45, 2.75) is 6.92 Å². The summed E-state index contributed by atoms with van der Waals surface area (Å²) in [6, 6.07) is 7.51. The van der Waals surface area contributed by atoms with Gasteiger partial charge in [-0.1, -0.05) is 18.8 Å². The molecule has 20 heavy (non-hydrogen) atoms. The Hall–Kier alpha value is -2.03. The summed E-state index contributed by atoms with van der Waals surface area (Å²) in [6.45, 7) is 4.52. The van der Waals surface area contributed by atoms with Gasteiger partial charge in [-0.2, -0.15) is 0 Å². The third-order valence-electron chi connectivity index (χ3n) is 2.69. The topological polar surface area (TPSA) is 81.6 Å². The first-order valence-electron chi connectivity index (χ1n) is 6.58. The molecule has 0 heterocycles. The average molecular weight is 275 g/mol. The Balaban J connectivity index is 2.39. The van der Waals surface area contributed by atoms with E-state index in [0.29, 0.717) is 19.7 Å². The van der Waals surface area contributed by atoms with Crippen LogP contribution < -0.4 is 16.2 Å². The fraction of sp³-hybridized carbons (Fsp3) is 0.400. The molecule has 1 rings (SSSR count). The van der Waals surface area contributed by atoms with Gasteiger partial charge in [0.1, 0.15) is 12.4 Å². The van der Waals surface area contributed by atoms with Gasteiger partial charge in [0.05, 0.1) is 13.1 Å². The summed E-state index contributed by atoms with van der Waals surface area (Å²) in [4.78, 5) is 12.8. The Bertz CT molecular complexity index is 474. The van der Waals surface area contributed by atoms with Gasteiger partial charge in [0, 0.05) is 12.1 Å². The molecule has 0 saturated carbocycles. The van der Waals surface area contributed by atoms with E-state index in [2.05, 4.69) is 11.8 Å². The van der Waals surface area contributed by atoms with Crippen LogP contribution in [0.25, 0.3) is 0 Å². The van der Waals surface area contributed by atoms with E-state index in [9.17, 15) is 4.79 Å². The van der Waals surface area contributed by atoms with Crippen LogP contribution in [0.3, 0.4) is 0 Å². The van der Waals surface area contributed by atoms with Crippen molar-refractivity contribution >= 4 is 5.91 Å². The maximum absolute atomic E-state index is 10.8. The Labute approximate surface area is 119 Å². The van der Waals surface area contributed by atoms with Gasteiger partial charge < -0.3 is 16.2 Å². The smallest absolute Gasteiger partial charge is 0.231 e. The number of hydrogen-bond acceptors (Lipinski definition) is 4. The van der Waals surface area contributed by atoms with E-state index in [4.69, 9.17) is 16.2 Å². The third kappa shape index (κ3) is 6.23. The van der Waals surface area contributed by atoms with Crippen molar-refractivity contribution in [2.24, 2.45) is 11.5 Å². The highest BCUT2D eigenvalue weighted by Gasteiger charge is 2.05. The van der Waals surface area contributed by atoms with Gasteiger partial charge >= 0.3 is 0 Å². The summed E-state index contributed by atoms with van der Waals surface area (Å²) in [7, 11) is 0. The van der Waals surface area contributed by atoms with E-state index < -0.39 is 0 Å². The maximum atomic E-state index is 10.8. The zero-order chi connectivity index (χ0) is 14.8. The normalized spacial score (nSPS) is 9.95. The number of rotatable bonds is 7. The van der Waals surface area contributed by atoms with Gasteiger partial charge in [-0.05, 0) is 30.8 Å². The molecule has 1 aromatic rings. The molecule has 0 spiro atoms. The van der Waals surface area contributed by atoms with Gasteiger partial charge in [-0.3, -0.25) is 9.69 Å². The first kappa shape index (κ1) is 16.0. The minimum Gasteiger partial charge on any atom is -0.492 e. The number of amides is 1. The molecule has 0 fully saturated rings. The molecule has 4 N–H and O–H groups in total. The molecule has 0 atom stereocenters. The lowest BCUT2D eigenvalue weighted by atomic mass is 10.2. The second kappa shape index (κ2) is 8.97. The number of benzene rings is 1. The van der Waals surface area contributed by atoms with Crippen LogP contribution in [0.2, 0.25) is 0 Å². The molecule has 1 amide bonds. The fourth-order valence-electron chi connectivity index (χ4n) is 1.65. The van der Waals surface area contributed by atoms with E-state index >= 15 is 0 Å². The van der Waals surface area contributed by atoms with E-state index in [1.54, 1.807) is 0 Å². The number of carbonyl (C=O) groups is 1. The number of nitrogens with two attached hydrogens (primary N) is 2. The SMILES string of the molecule is CCN(CCOc1ccc(C#CCN)cc1)CC(N)=O. The van der Waals surface area contributed by atoms with E-state index in [-0.39, 0.29) is 12.5 Å². The second-order valence-corrected chi connectivity index (χ2v) is 4.21. The predicted molar refractivity (Wildman–Crippen MR) is 79.2 cm³/mol. The van der Waals surface area contributed by atoms with Crippen molar-refractivity contribution in [3.05, 3.63) is 29.8 Å². The maximum Gasteiger partial charge on any atom is 0.231 e. The predicted octanol–water partition coefficient (Wildman–Crippen LogP) is 0.183. The lowest BCUT2D eigenvalue weighted by Crippen LogP contribution is -2.36. The van der Waals surface area contributed by atoms with Crippen LogP contribution in [-0.2, 0) is 4.79 Å². The summed E-state index contributed by atoms with van der Waals surface area (Å²) in [5, 5.41) is 0. The second-order valence-electron chi connectivity index (χ2n) is 4.21. The van der Waals surface area contributed by atoms with Crippen LogP contribution >= 0.6 is 0 Å². The number of ether oxygens (including phenoxy) is 1. The summed E-state index contributed by atoms with van der Waals surface area (Å²) < 4.78 is 5.61. The minimum absolute atomic E-state index is 0.257. The Kier molecular flexibility index (Phi) is 7.18. The molecule has 5 heteroatoms. The molecule has 108 valence electrons. The molecule has 0 aromatic heterocycles. The molecule has 0 bridgehead atoms. The molecular weight excluding hydrogens is 254 g/mol. The van der Waals surface area contributed by atoms with Crippen molar-refractivity contribution in [2.75, 3.05) is 32.8 Å². The molecule has 0 aliphatic rings. The van der Waals surface area contributed by atoms with Crippen molar-refractivity contribution < 1.29 is 9.53 Å². The zero-order valence-corrected chi connectivity index (χ0v) is 11.8. The van der Waals surface area contributed by atoms with Crippen LogP contribution in [0.15, 0.2) is 24.3 Å². The largest absolute Gasteiger partial charge is 0.492 e. The number of carbonyl (C=O) groups excluding carboxylic acids is 1. The monoisotopic (exact) mass is 275 g/mol. The van der Waals surface area contributed by atoms with Crippen molar-refractivity contribution in [3.63, 3.8) is 0 Å². The standard InChI is InChI=1S/C15H21N3O2/c1-2-18(12-15(17)19)10-11-20-14-7-5-13(6-8-14)4-3-9-16/h5-8H,2,9-12,16H2,1H3,(H2,17,19). The highest BCUT2D eigenvalue weighted by atomic mass is 16.5. The molecule has 0 aliphatic carbocycles. The number of likely N-dealkylation sites (N-methyl/N-ethyl adjacent to an activating group) is 1. The molecule has 1 aromatic carbocycles. The summed E-state index contributed by atoms with van der Waals surface area (Å²) >= 11 is 0. The summed E-state index contributed by atoms with van der Waals surface area (Å²) in [5.74, 6) is 6.19. The number of hydrogen-bond donors (Lipinski definition) is 2. The van der Waals surface area contributed by atoms with E-state index in [0.717, 1.165) is 17.9 Å². The number of primary amides is 1. The lowest BCUT2D eigenvalue weighted by molar-refractivity contribution is -0.119. The molecule has 5 nitrogen and oxygen atoms in total. The minimum atomic E-state index is -0.324. The van der Waals surface area contributed by atoms with Gasteiger partial charge in [-0.15, -0.1) is 0 Å². The Morgan fingerprint density at radius 1 is 1.35 bits per heavy atom. The van der Waals surface area contributed by atoms with Crippen molar-refractivity contribution in [3.8, 4) is 17.6 Å². The van der Waals surface area contributed by atoms with Crippen molar-refractivity contribution in [1.82, 2.24) is 4.90 Å². The average Bonchev–Trinajstić information content (AvgIpc) is 2.45. The van der Waals surface area contributed by atoms with Gasteiger partial charge in [0.25, 0.3) is 0 Å². The summed E-state index contributed by atoms with van der Waals surface area (Å²) in [6.07, 6.45) is 0. The van der Waals surface area contributed by atoms with Gasteiger partial charge in [-0.25, -0.2) is 0 Å². The van der Waals surface area contributed by atoms with E-state index in [1.807, 2.05) is 36.1 Å². The van der Waals surface area contributed by atoms with Gasteiger partial charge in [0.2, 0.25) is 5.91 Å². The van der Waals surface area contributed by atoms with Crippen LogP contribution in [0.1, 0.15) is 12.5 Å².